The number of halogens is 1. The number of rotatable bonds is 3. The summed E-state index contributed by atoms with van der Waals surface area (Å²) in [6, 6.07) is 3.96. The third kappa shape index (κ3) is 2.54. The lowest BCUT2D eigenvalue weighted by Crippen LogP contribution is -2.33. The molecule has 0 saturated heterocycles. The number of hydrogen-bond acceptors (Lipinski definition) is 3. The van der Waals surface area contributed by atoms with Crippen LogP contribution in [0.15, 0.2) is 18.2 Å². The van der Waals surface area contributed by atoms with E-state index in [9.17, 15) is 9.18 Å². The van der Waals surface area contributed by atoms with E-state index in [1.165, 1.54) is 23.5 Å². The largest absolute Gasteiger partial charge is 0.397 e. The number of nitrogen functional groups attached to an aromatic ring is 1. The van der Waals surface area contributed by atoms with Gasteiger partial charge in [-0.3, -0.25) is 4.79 Å². The first-order valence-corrected chi connectivity index (χ1v) is 6.63. The molecular formula is C14H13FN2OS. The highest BCUT2D eigenvalue weighted by atomic mass is 32.1. The molecule has 0 aliphatic heterocycles. The zero-order valence-corrected chi connectivity index (χ0v) is 11.2. The minimum atomic E-state index is -0.376. The molecule has 19 heavy (non-hydrogen) atoms. The highest BCUT2D eigenvalue weighted by Crippen LogP contribution is 2.33. The van der Waals surface area contributed by atoms with Gasteiger partial charge in [-0.05, 0) is 24.6 Å². The average molecular weight is 276 g/mol. The summed E-state index contributed by atoms with van der Waals surface area (Å²) >= 11 is 1.23. The third-order valence-corrected chi connectivity index (χ3v) is 3.99. The number of amides is 1. The van der Waals surface area contributed by atoms with Crippen LogP contribution in [0.2, 0.25) is 0 Å². The van der Waals surface area contributed by atoms with Crippen molar-refractivity contribution in [1.29, 1.82) is 0 Å². The topological polar surface area (TPSA) is 55.1 Å². The van der Waals surface area contributed by atoms with Crippen LogP contribution >= 0.6 is 11.3 Å². The van der Waals surface area contributed by atoms with Gasteiger partial charge in [-0.2, -0.15) is 0 Å². The van der Waals surface area contributed by atoms with E-state index < -0.39 is 0 Å². The molecule has 2 rings (SSSR count). The molecule has 0 fully saturated rings. The van der Waals surface area contributed by atoms with Gasteiger partial charge in [0.25, 0.3) is 5.91 Å². The summed E-state index contributed by atoms with van der Waals surface area (Å²) in [4.78, 5) is 12.4. The summed E-state index contributed by atoms with van der Waals surface area (Å²) in [6.45, 7) is 1.88. The highest BCUT2D eigenvalue weighted by molar-refractivity contribution is 7.21. The molecule has 0 bridgehead atoms. The maximum absolute atomic E-state index is 13.2. The summed E-state index contributed by atoms with van der Waals surface area (Å²) in [6.07, 6.45) is 5.94. The number of thiophene rings is 1. The van der Waals surface area contributed by atoms with Crippen LogP contribution < -0.4 is 11.1 Å². The van der Waals surface area contributed by atoms with Gasteiger partial charge in [-0.1, -0.05) is 12.8 Å². The predicted molar refractivity (Wildman–Crippen MR) is 76.6 cm³/mol. The summed E-state index contributed by atoms with van der Waals surface area (Å²) in [7, 11) is 0. The Labute approximate surface area is 114 Å². The third-order valence-electron chi connectivity index (χ3n) is 2.81. The van der Waals surface area contributed by atoms with Crippen molar-refractivity contribution in [2.75, 3.05) is 5.73 Å². The number of carbonyl (C=O) groups is 1. The lowest BCUT2D eigenvalue weighted by Gasteiger charge is -2.09. The number of carbonyl (C=O) groups excluding carboxylic acids is 1. The molecule has 0 radical (unpaired) electrons. The van der Waals surface area contributed by atoms with Crippen LogP contribution in [-0.2, 0) is 0 Å². The molecule has 1 atom stereocenters. The summed E-state index contributed by atoms with van der Waals surface area (Å²) in [5, 5.41) is 3.27. The van der Waals surface area contributed by atoms with Crippen molar-refractivity contribution in [3.63, 3.8) is 0 Å². The molecule has 0 saturated carbocycles. The normalized spacial score (nSPS) is 12.1. The van der Waals surface area contributed by atoms with Gasteiger partial charge in [0.2, 0.25) is 0 Å². The van der Waals surface area contributed by atoms with E-state index in [1.807, 2.05) is 6.92 Å². The number of benzene rings is 1. The second kappa shape index (κ2) is 5.29. The van der Waals surface area contributed by atoms with E-state index in [0.717, 1.165) is 4.70 Å². The average Bonchev–Trinajstić information content (AvgIpc) is 2.73. The number of nitrogens with one attached hydrogen (secondary N) is 1. The number of anilines is 1. The van der Waals surface area contributed by atoms with E-state index in [2.05, 4.69) is 11.2 Å². The monoisotopic (exact) mass is 276 g/mol. The maximum Gasteiger partial charge on any atom is 0.264 e. The molecule has 0 aliphatic carbocycles. The van der Waals surface area contributed by atoms with Crippen molar-refractivity contribution < 1.29 is 9.18 Å². The van der Waals surface area contributed by atoms with Gasteiger partial charge in [-0.15, -0.1) is 17.8 Å². The molecular weight excluding hydrogens is 263 g/mol. The second-order valence-corrected chi connectivity index (χ2v) is 5.14. The zero-order valence-electron chi connectivity index (χ0n) is 10.4. The lowest BCUT2D eigenvalue weighted by molar-refractivity contribution is 0.0950. The fourth-order valence-corrected chi connectivity index (χ4v) is 2.75. The zero-order chi connectivity index (χ0) is 14.0. The standard InChI is InChI=1S/C14H13FN2OS/c1-3-9(4-2)17-14(18)13-12(16)10-7-8(15)5-6-11(10)19-13/h1,5-7,9H,4,16H2,2H3,(H,17,18). The summed E-state index contributed by atoms with van der Waals surface area (Å²) in [5.41, 5.74) is 6.19. The number of hydrogen-bond donors (Lipinski definition) is 2. The lowest BCUT2D eigenvalue weighted by atomic mass is 10.2. The van der Waals surface area contributed by atoms with Crippen LogP contribution in [0.5, 0.6) is 0 Å². The SMILES string of the molecule is C#CC(CC)NC(=O)c1sc2ccc(F)cc2c1N. The van der Waals surface area contributed by atoms with Gasteiger partial charge >= 0.3 is 0 Å². The molecule has 0 aliphatic rings. The van der Waals surface area contributed by atoms with E-state index in [1.54, 1.807) is 6.07 Å². The Hall–Kier alpha value is -2.06. The Bertz CT molecular complexity index is 672. The molecule has 98 valence electrons. The number of nitrogens with two attached hydrogens (primary N) is 1. The van der Waals surface area contributed by atoms with Crippen molar-refractivity contribution in [3.8, 4) is 12.3 Å². The first-order chi connectivity index (χ1) is 9.06. The summed E-state index contributed by atoms with van der Waals surface area (Å²) < 4.78 is 13.9. The molecule has 2 aromatic rings. The van der Waals surface area contributed by atoms with Gasteiger partial charge in [0.1, 0.15) is 10.7 Å². The van der Waals surface area contributed by atoms with Crippen LogP contribution in [-0.4, -0.2) is 11.9 Å². The second-order valence-electron chi connectivity index (χ2n) is 4.09. The van der Waals surface area contributed by atoms with Crippen LogP contribution in [0, 0.1) is 18.2 Å². The predicted octanol–water partition coefficient (Wildman–Crippen LogP) is 2.76. The Morgan fingerprint density at radius 2 is 2.37 bits per heavy atom. The van der Waals surface area contributed by atoms with Gasteiger partial charge < -0.3 is 11.1 Å². The molecule has 1 aromatic carbocycles. The molecule has 5 heteroatoms. The van der Waals surface area contributed by atoms with Gasteiger partial charge in [-0.25, -0.2) is 4.39 Å². The van der Waals surface area contributed by atoms with Gasteiger partial charge in [0, 0.05) is 10.1 Å². The highest BCUT2D eigenvalue weighted by Gasteiger charge is 2.18. The van der Waals surface area contributed by atoms with Crippen molar-refractivity contribution in [2.45, 2.75) is 19.4 Å². The number of fused-ring (bicyclic) bond motifs is 1. The molecule has 1 aromatic heterocycles. The van der Waals surface area contributed by atoms with Gasteiger partial charge in [0.05, 0.1) is 11.7 Å². The quantitative estimate of drug-likeness (QED) is 0.847. The Morgan fingerprint density at radius 1 is 1.63 bits per heavy atom. The molecule has 3 nitrogen and oxygen atoms in total. The fraction of sp³-hybridized carbons (Fsp3) is 0.214. The van der Waals surface area contributed by atoms with E-state index in [0.29, 0.717) is 22.4 Å². The van der Waals surface area contributed by atoms with Crippen molar-refractivity contribution in [2.24, 2.45) is 0 Å². The summed E-state index contributed by atoms with van der Waals surface area (Å²) in [5.74, 6) is 1.79. The maximum atomic E-state index is 13.2. The van der Waals surface area contributed by atoms with Crippen molar-refractivity contribution in [1.82, 2.24) is 5.32 Å². The van der Waals surface area contributed by atoms with Gasteiger partial charge in [0.15, 0.2) is 0 Å². The Balaban J connectivity index is 2.38. The van der Waals surface area contributed by atoms with Crippen LogP contribution in [0.3, 0.4) is 0 Å². The Kier molecular flexibility index (Phi) is 3.72. The minimum Gasteiger partial charge on any atom is -0.397 e. The minimum absolute atomic E-state index is 0.295. The fourth-order valence-electron chi connectivity index (χ4n) is 1.74. The molecule has 1 heterocycles. The molecule has 1 unspecified atom stereocenters. The smallest absolute Gasteiger partial charge is 0.264 e. The van der Waals surface area contributed by atoms with E-state index in [-0.39, 0.29) is 17.8 Å². The molecule has 3 N–H and O–H groups in total. The first kappa shape index (κ1) is 13.4. The van der Waals surface area contributed by atoms with Crippen LogP contribution in [0.1, 0.15) is 23.0 Å². The molecule has 1 amide bonds. The van der Waals surface area contributed by atoms with Crippen molar-refractivity contribution >= 4 is 33.0 Å². The van der Waals surface area contributed by atoms with E-state index >= 15 is 0 Å². The van der Waals surface area contributed by atoms with Crippen LogP contribution in [0.25, 0.3) is 10.1 Å². The van der Waals surface area contributed by atoms with E-state index in [4.69, 9.17) is 12.2 Å². The molecule has 0 spiro atoms. The van der Waals surface area contributed by atoms with Crippen LogP contribution in [0.4, 0.5) is 10.1 Å². The first-order valence-electron chi connectivity index (χ1n) is 5.81. The van der Waals surface area contributed by atoms with Crippen molar-refractivity contribution in [3.05, 3.63) is 28.9 Å². The Morgan fingerprint density at radius 3 is 3.00 bits per heavy atom. The number of terminal acetylenes is 1.